The zero-order valence-electron chi connectivity index (χ0n) is 18.7. The van der Waals surface area contributed by atoms with Crippen LogP contribution in [0.3, 0.4) is 0 Å². The van der Waals surface area contributed by atoms with Crippen molar-refractivity contribution < 1.29 is 4.79 Å². The van der Waals surface area contributed by atoms with Crippen LogP contribution in [0.15, 0.2) is 69.1 Å². The van der Waals surface area contributed by atoms with Crippen LogP contribution in [0.5, 0.6) is 0 Å². The van der Waals surface area contributed by atoms with Gasteiger partial charge in [0.25, 0.3) is 5.91 Å². The molecule has 2 aliphatic rings. The molecule has 6 rings (SSSR count). The van der Waals surface area contributed by atoms with Crippen LogP contribution < -0.4 is 0 Å². The van der Waals surface area contributed by atoms with Gasteiger partial charge < -0.3 is 4.98 Å². The van der Waals surface area contributed by atoms with E-state index in [9.17, 15) is 4.79 Å². The Hall–Kier alpha value is -2.68. The number of carbonyl (C=O) groups excluding carboxylic acids is 1. The third-order valence-corrected chi connectivity index (χ3v) is 9.02. The molecule has 1 amide bonds. The van der Waals surface area contributed by atoms with Crippen LogP contribution in [0.1, 0.15) is 40.6 Å². The lowest BCUT2D eigenvalue weighted by Gasteiger charge is -2.28. The van der Waals surface area contributed by atoms with Crippen molar-refractivity contribution in [2.75, 3.05) is 5.75 Å². The molecule has 1 aliphatic carbocycles. The Kier molecular flexibility index (Phi) is 5.89. The van der Waals surface area contributed by atoms with Gasteiger partial charge in [0.1, 0.15) is 0 Å². The molecule has 34 heavy (non-hydrogen) atoms. The number of allylic oxidation sites excluding steroid dienone is 1. The second-order valence-corrected chi connectivity index (χ2v) is 11.6. The highest BCUT2D eigenvalue weighted by Crippen LogP contribution is 2.46. The lowest BCUT2D eigenvalue weighted by molar-refractivity contribution is -0.130. The molecule has 5 nitrogen and oxygen atoms in total. The number of hydrogen-bond acceptors (Lipinski definition) is 6. The van der Waals surface area contributed by atoms with E-state index in [1.54, 1.807) is 27.7 Å². The van der Waals surface area contributed by atoms with E-state index in [1.165, 1.54) is 32.7 Å². The van der Waals surface area contributed by atoms with Crippen molar-refractivity contribution in [1.29, 1.82) is 0 Å². The third-order valence-electron chi connectivity index (χ3n) is 6.40. The van der Waals surface area contributed by atoms with Gasteiger partial charge in [-0.1, -0.05) is 30.0 Å². The molecule has 4 heterocycles. The van der Waals surface area contributed by atoms with Crippen molar-refractivity contribution in [1.82, 2.24) is 15.0 Å². The van der Waals surface area contributed by atoms with Crippen LogP contribution in [-0.4, -0.2) is 32.3 Å². The predicted octanol–water partition coefficient (Wildman–Crippen LogP) is 6.91. The molecule has 2 atom stereocenters. The molecule has 0 radical (unpaired) electrons. The van der Waals surface area contributed by atoms with E-state index in [0.717, 1.165) is 41.2 Å². The number of fused-ring (bicyclic) bond motifs is 2. The number of thioether (sulfide) groups is 1. The van der Waals surface area contributed by atoms with Gasteiger partial charge in [0.05, 0.1) is 28.5 Å². The number of aromatic nitrogens is 2. The molecule has 1 saturated carbocycles. The van der Waals surface area contributed by atoms with Crippen LogP contribution in [-0.2, 0) is 4.79 Å². The minimum Gasteiger partial charge on any atom is -0.333 e. The van der Waals surface area contributed by atoms with Gasteiger partial charge in [-0.3, -0.25) is 4.79 Å². The van der Waals surface area contributed by atoms with Gasteiger partial charge in [0, 0.05) is 15.7 Å². The van der Waals surface area contributed by atoms with E-state index in [0.29, 0.717) is 5.75 Å². The Labute approximate surface area is 210 Å². The molecule has 0 saturated heterocycles. The van der Waals surface area contributed by atoms with Gasteiger partial charge in [-0.2, -0.15) is 5.10 Å². The lowest BCUT2D eigenvalue weighted by atomic mass is 9.79. The number of nitrogens with zero attached hydrogens (tertiary/aromatic N) is 3. The SMILES string of the molecule is Cc1ccc2nc(SCC(=O)N3N=C4/C(=C/c5cccs5)CCC[C@@H]4[C@@H]3c3cccs3)[nH]c2c1. The number of hydrazone groups is 1. The number of nitrogens with one attached hydrogen (secondary N) is 1. The van der Waals surface area contributed by atoms with Gasteiger partial charge in [-0.15, -0.1) is 22.7 Å². The van der Waals surface area contributed by atoms with Crippen LogP contribution in [0, 0.1) is 12.8 Å². The fourth-order valence-electron chi connectivity index (χ4n) is 4.85. The molecule has 1 N–H and O–H groups in total. The number of H-pyrrole nitrogens is 1. The highest BCUT2D eigenvalue weighted by atomic mass is 32.2. The number of aryl methyl sites for hydroxylation is 1. The average molecular weight is 505 g/mol. The quantitative estimate of drug-likeness (QED) is 0.300. The standard InChI is InChI=1S/C26H24N4OS3/c1-16-9-10-20-21(13-16)28-26(27-20)34-15-23(31)30-25(22-8-4-12-33-22)19-7-2-5-17(24(19)29-30)14-18-6-3-11-32-18/h3-4,6,8-14,19,25H,2,5,7,15H2,1H3,(H,27,28)/b17-14+/t19-,25+/m0/s1. The number of hydrogen-bond donors (Lipinski definition) is 1. The minimum atomic E-state index is -0.0199. The van der Waals surface area contributed by atoms with Gasteiger partial charge in [0.2, 0.25) is 0 Å². The first-order valence-corrected chi connectivity index (χ1v) is 14.2. The Morgan fingerprint density at radius 1 is 1.24 bits per heavy atom. The van der Waals surface area contributed by atoms with E-state index < -0.39 is 0 Å². The van der Waals surface area contributed by atoms with Crippen LogP contribution >= 0.6 is 34.4 Å². The summed E-state index contributed by atoms with van der Waals surface area (Å²) in [4.78, 5) is 23.9. The zero-order chi connectivity index (χ0) is 23.1. The number of carbonyl (C=O) groups is 1. The fourth-order valence-corrected chi connectivity index (χ4v) is 7.15. The van der Waals surface area contributed by atoms with Crippen molar-refractivity contribution in [3.05, 3.63) is 74.1 Å². The molecule has 1 fully saturated rings. The Morgan fingerprint density at radius 3 is 2.94 bits per heavy atom. The summed E-state index contributed by atoms with van der Waals surface area (Å²) in [5.41, 5.74) is 5.48. The highest BCUT2D eigenvalue weighted by Gasteiger charge is 2.44. The molecule has 3 aromatic heterocycles. The van der Waals surface area contributed by atoms with Crippen molar-refractivity contribution in [3.63, 3.8) is 0 Å². The van der Waals surface area contributed by atoms with Gasteiger partial charge >= 0.3 is 0 Å². The first-order valence-electron chi connectivity index (χ1n) is 11.4. The molecule has 1 aliphatic heterocycles. The van der Waals surface area contributed by atoms with E-state index in [1.807, 2.05) is 6.07 Å². The number of rotatable bonds is 5. The number of amides is 1. The summed E-state index contributed by atoms with van der Waals surface area (Å²) in [6.45, 7) is 2.06. The molecule has 8 heteroatoms. The normalized spacial score (nSPS) is 21.3. The average Bonchev–Trinajstić information content (AvgIpc) is 3.63. The number of thiophene rings is 2. The summed E-state index contributed by atoms with van der Waals surface area (Å²) in [5, 5.41) is 11.7. The maximum atomic E-state index is 13.5. The van der Waals surface area contributed by atoms with Crippen LogP contribution in [0.25, 0.3) is 17.1 Å². The second-order valence-electron chi connectivity index (χ2n) is 8.72. The van der Waals surface area contributed by atoms with E-state index in [4.69, 9.17) is 5.10 Å². The maximum Gasteiger partial charge on any atom is 0.253 e. The van der Waals surface area contributed by atoms with Crippen molar-refractivity contribution in [2.24, 2.45) is 11.0 Å². The summed E-state index contributed by atoms with van der Waals surface area (Å²) in [6, 6.07) is 14.6. The molecule has 4 aromatic rings. The number of imidazole rings is 1. The van der Waals surface area contributed by atoms with Gasteiger partial charge in [-0.25, -0.2) is 9.99 Å². The number of aromatic amines is 1. The van der Waals surface area contributed by atoms with Gasteiger partial charge in [0.15, 0.2) is 5.16 Å². The number of benzene rings is 1. The van der Waals surface area contributed by atoms with Crippen molar-refractivity contribution >= 4 is 63.2 Å². The molecular weight excluding hydrogens is 481 g/mol. The summed E-state index contributed by atoms with van der Waals surface area (Å²) < 4.78 is 0. The smallest absolute Gasteiger partial charge is 0.253 e. The summed E-state index contributed by atoms with van der Waals surface area (Å²) in [7, 11) is 0. The maximum absolute atomic E-state index is 13.5. The Bertz CT molecular complexity index is 1380. The first kappa shape index (κ1) is 21.8. The predicted molar refractivity (Wildman–Crippen MR) is 143 cm³/mol. The van der Waals surface area contributed by atoms with E-state index >= 15 is 0 Å². The molecule has 172 valence electrons. The van der Waals surface area contributed by atoms with E-state index in [-0.39, 0.29) is 17.9 Å². The molecular formula is C26H24N4OS3. The lowest BCUT2D eigenvalue weighted by Crippen LogP contribution is -2.32. The molecule has 0 spiro atoms. The summed E-state index contributed by atoms with van der Waals surface area (Å²) >= 11 is 4.90. The summed E-state index contributed by atoms with van der Waals surface area (Å²) in [6.07, 6.45) is 5.46. The van der Waals surface area contributed by atoms with Crippen LogP contribution in [0.4, 0.5) is 0 Å². The van der Waals surface area contributed by atoms with E-state index in [2.05, 4.69) is 70.1 Å². The summed E-state index contributed by atoms with van der Waals surface area (Å²) in [5.74, 6) is 0.577. The monoisotopic (exact) mass is 504 g/mol. The Morgan fingerprint density at radius 2 is 2.12 bits per heavy atom. The third kappa shape index (κ3) is 4.15. The highest BCUT2D eigenvalue weighted by molar-refractivity contribution is 7.99. The largest absolute Gasteiger partial charge is 0.333 e. The topological polar surface area (TPSA) is 61.4 Å². The Balaban J connectivity index is 1.27. The van der Waals surface area contributed by atoms with Crippen LogP contribution in [0.2, 0.25) is 0 Å². The van der Waals surface area contributed by atoms with Gasteiger partial charge in [-0.05, 0) is 78.4 Å². The molecule has 1 aromatic carbocycles. The molecule has 0 unspecified atom stereocenters. The molecule has 0 bridgehead atoms. The zero-order valence-corrected chi connectivity index (χ0v) is 21.2. The second kappa shape index (κ2) is 9.17. The fraction of sp³-hybridized carbons (Fsp3) is 0.269. The van der Waals surface area contributed by atoms with Crippen molar-refractivity contribution in [2.45, 2.75) is 37.4 Å². The first-order chi connectivity index (χ1) is 16.7. The minimum absolute atomic E-state index is 0.0199. The van der Waals surface area contributed by atoms with Crippen molar-refractivity contribution in [3.8, 4) is 0 Å².